The minimum atomic E-state index is -2.69. The Morgan fingerprint density at radius 2 is 1.02 bits per heavy atom. The summed E-state index contributed by atoms with van der Waals surface area (Å²) in [5.41, 5.74) is 3.82. The van der Waals surface area contributed by atoms with Crippen molar-refractivity contribution in [3.8, 4) is 0 Å². The van der Waals surface area contributed by atoms with Crippen LogP contribution in [0.5, 0.6) is 0 Å². The summed E-state index contributed by atoms with van der Waals surface area (Å²) in [6.45, 7) is 19.3. The molecule has 5 nitrogen and oxygen atoms in total. The summed E-state index contributed by atoms with van der Waals surface area (Å²) in [6.07, 6.45) is 6.46. The summed E-state index contributed by atoms with van der Waals surface area (Å²) in [5, 5.41) is 7.63. The Kier molecular flexibility index (Phi) is 6.93. The molecular formula is C40H43B2NO4Si. The van der Waals surface area contributed by atoms with Gasteiger partial charge >= 0.3 is 14.2 Å². The summed E-state index contributed by atoms with van der Waals surface area (Å²) >= 11 is 0. The van der Waals surface area contributed by atoms with E-state index in [1.165, 1.54) is 37.5 Å². The molecule has 0 saturated carbocycles. The Labute approximate surface area is 286 Å². The van der Waals surface area contributed by atoms with E-state index in [2.05, 4.69) is 147 Å². The van der Waals surface area contributed by atoms with E-state index in [1.807, 2.05) is 12.3 Å². The molecule has 0 radical (unpaired) electrons. The highest BCUT2D eigenvalue weighted by Crippen LogP contribution is 2.38. The number of benzene rings is 4. The van der Waals surface area contributed by atoms with E-state index < -0.39 is 44.7 Å². The van der Waals surface area contributed by atoms with Crippen LogP contribution in [0.3, 0.4) is 0 Å². The summed E-state index contributed by atoms with van der Waals surface area (Å²) in [5.74, 6) is 0. The molecule has 48 heavy (non-hydrogen) atoms. The molecule has 5 aromatic rings. The largest absolute Gasteiger partial charge is 0.494 e. The molecule has 1 aromatic heterocycles. The molecule has 0 aliphatic carbocycles. The van der Waals surface area contributed by atoms with Gasteiger partial charge in [0, 0.05) is 17.0 Å². The molecule has 8 heteroatoms. The molecule has 3 aliphatic heterocycles. The van der Waals surface area contributed by atoms with Crippen molar-refractivity contribution in [2.45, 2.75) is 84.3 Å². The molecule has 0 bridgehead atoms. The van der Waals surface area contributed by atoms with E-state index >= 15 is 0 Å². The van der Waals surface area contributed by atoms with Crippen LogP contribution in [0.1, 0.15) is 66.5 Å². The monoisotopic (exact) mass is 651 g/mol. The van der Waals surface area contributed by atoms with Gasteiger partial charge in [0.15, 0.2) is 0 Å². The zero-order valence-electron chi connectivity index (χ0n) is 29.5. The molecule has 8 rings (SSSR count). The van der Waals surface area contributed by atoms with Gasteiger partial charge in [0.1, 0.15) is 8.07 Å². The van der Waals surface area contributed by atoms with E-state index in [0.29, 0.717) is 0 Å². The van der Waals surface area contributed by atoms with Gasteiger partial charge in [0.2, 0.25) is 0 Å². The highest BCUT2D eigenvalue weighted by molar-refractivity contribution is 7.12. The van der Waals surface area contributed by atoms with Gasteiger partial charge in [-0.25, -0.2) is 0 Å². The lowest BCUT2D eigenvalue weighted by Gasteiger charge is -2.33. The van der Waals surface area contributed by atoms with Crippen molar-refractivity contribution in [3.05, 3.63) is 96.2 Å². The number of hydrogen-bond donors (Lipinski definition) is 0. The second kappa shape index (κ2) is 10.5. The van der Waals surface area contributed by atoms with E-state index in [0.717, 1.165) is 21.8 Å². The van der Waals surface area contributed by atoms with Crippen molar-refractivity contribution >= 4 is 82.6 Å². The lowest BCUT2D eigenvalue weighted by Crippen LogP contribution is -2.66. The third kappa shape index (κ3) is 4.64. The topological polar surface area (TPSA) is 49.8 Å². The number of fused-ring (bicyclic) bond motifs is 5. The molecule has 0 spiro atoms. The number of aromatic nitrogens is 1. The summed E-state index contributed by atoms with van der Waals surface area (Å²) in [7, 11) is -3.56. The molecule has 0 unspecified atom stereocenters. The maximum atomic E-state index is 6.51. The molecule has 242 valence electrons. The first-order valence-corrected chi connectivity index (χ1v) is 19.6. The van der Waals surface area contributed by atoms with Gasteiger partial charge in [-0.15, -0.1) is 0 Å². The summed E-state index contributed by atoms with van der Waals surface area (Å²) in [6, 6.07) is 29.0. The van der Waals surface area contributed by atoms with Gasteiger partial charge in [-0.05, 0) is 104 Å². The quantitative estimate of drug-likeness (QED) is 0.189. The Morgan fingerprint density at radius 3 is 1.54 bits per heavy atom. The number of rotatable bonds is 3. The standard InChI is InChI=1S/C40H43B2NO4Si/c1-37(2)38(3,4)45-41(44-37)30-19-21-32-28(24-30)17-18-29-25-31(42-46-39(5,6)40(7,8)47-42)20-22-33(29)48(32,9)34-14-10-12-26-15-16-27-13-11-23-43-36(27)35(26)34/h10-25H,1-9H3. The first kappa shape index (κ1) is 31.7. The van der Waals surface area contributed by atoms with Gasteiger partial charge < -0.3 is 18.6 Å². The first-order valence-electron chi connectivity index (χ1n) is 17.1. The fraction of sp³-hybridized carbons (Fsp3) is 0.325. The molecular weight excluding hydrogens is 608 g/mol. The van der Waals surface area contributed by atoms with Gasteiger partial charge in [-0.1, -0.05) is 91.5 Å². The van der Waals surface area contributed by atoms with Crippen LogP contribution in [0, 0.1) is 0 Å². The third-order valence-corrected chi connectivity index (χ3v) is 16.4. The molecule has 0 amide bonds. The van der Waals surface area contributed by atoms with E-state index in [1.54, 1.807) is 0 Å². The molecule has 2 fully saturated rings. The lowest BCUT2D eigenvalue weighted by atomic mass is 9.78. The third-order valence-electron chi connectivity index (χ3n) is 11.9. The van der Waals surface area contributed by atoms with Gasteiger partial charge in [0.05, 0.1) is 27.9 Å². The second-order valence-electron chi connectivity index (χ2n) is 15.9. The maximum absolute atomic E-state index is 6.51. The average molecular weight is 651 g/mol. The van der Waals surface area contributed by atoms with Crippen LogP contribution < -0.4 is 26.5 Å². The highest BCUT2D eigenvalue weighted by atomic mass is 28.3. The van der Waals surface area contributed by atoms with Crippen LogP contribution in [-0.2, 0) is 18.6 Å². The van der Waals surface area contributed by atoms with Gasteiger partial charge in [-0.2, -0.15) is 0 Å². The second-order valence-corrected chi connectivity index (χ2v) is 19.7. The van der Waals surface area contributed by atoms with Crippen molar-refractivity contribution in [3.63, 3.8) is 0 Å². The van der Waals surface area contributed by atoms with E-state index in [9.17, 15) is 0 Å². The van der Waals surface area contributed by atoms with Crippen molar-refractivity contribution in [2.75, 3.05) is 0 Å². The summed E-state index contributed by atoms with van der Waals surface area (Å²) in [4.78, 5) is 4.96. The molecule has 2 saturated heterocycles. The van der Waals surface area contributed by atoms with E-state index in [-0.39, 0.29) is 0 Å². The first-order chi connectivity index (χ1) is 22.6. The predicted molar refractivity (Wildman–Crippen MR) is 203 cm³/mol. The Hall–Kier alpha value is -3.52. The highest BCUT2D eigenvalue weighted by Gasteiger charge is 2.53. The molecule has 0 atom stereocenters. The Bertz CT molecular complexity index is 2040. The normalized spacial score (nSPS) is 21.4. The SMILES string of the molecule is CC1(C)OB(c2ccc3c(c2)C=Cc2cc(B4OC(C)(C)C(C)(C)O4)ccc2[Si]3(C)c2cccc3ccc4cccnc4c23)OC1(C)C. The fourth-order valence-corrected chi connectivity index (χ4v) is 11.9. The van der Waals surface area contributed by atoms with Crippen LogP contribution in [0.15, 0.2) is 85.1 Å². The van der Waals surface area contributed by atoms with Crippen molar-refractivity contribution in [1.82, 2.24) is 4.98 Å². The fourth-order valence-electron chi connectivity index (χ4n) is 7.55. The van der Waals surface area contributed by atoms with Crippen LogP contribution in [0.25, 0.3) is 33.8 Å². The maximum Gasteiger partial charge on any atom is 0.494 e. The predicted octanol–water partition coefficient (Wildman–Crippen LogP) is 5.57. The molecule has 0 N–H and O–H groups in total. The lowest BCUT2D eigenvalue weighted by molar-refractivity contribution is 0.00578. The minimum Gasteiger partial charge on any atom is -0.399 e. The molecule has 3 aliphatic rings. The van der Waals surface area contributed by atoms with Crippen molar-refractivity contribution in [2.24, 2.45) is 0 Å². The average Bonchev–Trinajstić information content (AvgIpc) is 3.35. The van der Waals surface area contributed by atoms with Gasteiger partial charge in [0.25, 0.3) is 0 Å². The zero-order chi connectivity index (χ0) is 33.9. The van der Waals surface area contributed by atoms with Crippen molar-refractivity contribution in [1.29, 1.82) is 0 Å². The van der Waals surface area contributed by atoms with Crippen LogP contribution >= 0.6 is 0 Å². The smallest absolute Gasteiger partial charge is 0.399 e. The van der Waals surface area contributed by atoms with Crippen molar-refractivity contribution < 1.29 is 18.6 Å². The number of pyridine rings is 1. The van der Waals surface area contributed by atoms with Crippen LogP contribution in [0.4, 0.5) is 0 Å². The minimum absolute atomic E-state index is 0.416. The van der Waals surface area contributed by atoms with Crippen LogP contribution in [0.2, 0.25) is 6.55 Å². The van der Waals surface area contributed by atoms with Crippen LogP contribution in [-0.4, -0.2) is 49.7 Å². The van der Waals surface area contributed by atoms with Gasteiger partial charge in [-0.3, -0.25) is 4.98 Å². The molecule has 4 heterocycles. The number of nitrogens with zero attached hydrogens (tertiary/aromatic N) is 1. The molecule has 4 aromatic carbocycles. The van der Waals surface area contributed by atoms with E-state index in [4.69, 9.17) is 23.6 Å². The summed E-state index contributed by atoms with van der Waals surface area (Å²) < 4.78 is 26.0. The zero-order valence-corrected chi connectivity index (χ0v) is 30.5. The Morgan fingerprint density at radius 1 is 0.542 bits per heavy atom. The number of hydrogen-bond acceptors (Lipinski definition) is 5. The Balaban J connectivity index is 1.35.